The van der Waals surface area contributed by atoms with Gasteiger partial charge in [0.1, 0.15) is 12.4 Å². The second kappa shape index (κ2) is 6.99. The SMILES string of the molecule is Nc1ccccc1-c1cc(CO)ccc1OCc1ccccc1. The van der Waals surface area contributed by atoms with Gasteiger partial charge < -0.3 is 15.6 Å². The van der Waals surface area contributed by atoms with E-state index in [1.807, 2.05) is 72.8 Å². The molecular formula is C20H19NO2. The van der Waals surface area contributed by atoms with Gasteiger partial charge in [-0.2, -0.15) is 0 Å². The lowest BCUT2D eigenvalue weighted by molar-refractivity contribution is 0.281. The number of ether oxygens (including phenoxy) is 1. The van der Waals surface area contributed by atoms with Crippen molar-refractivity contribution < 1.29 is 9.84 Å². The highest BCUT2D eigenvalue weighted by Crippen LogP contribution is 2.35. The molecule has 0 saturated carbocycles. The fraction of sp³-hybridized carbons (Fsp3) is 0.100. The standard InChI is InChI=1S/C20H19NO2/c21-19-9-5-4-8-17(19)18-12-16(13-22)10-11-20(18)23-14-15-6-2-1-3-7-15/h1-12,22H,13-14,21H2. The van der Waals surface area contributed by atoms with E-state index in [9.17, 15) is 5.11 Å². The largest absolute Gasteiger partial charge is 0.488 e. The lowest BCUT2D eigenvalue weighted by atomic mass is 10.0. The van der Waals surface area contributed by atoms with Gasteiger partial charge in [-0.25, -0.2) is 0 Å². The minimum atomic E-state index is -0.0152. The Morgan fingerprint density at radius 1 is 0.783 bits per heavy atom. The Labute approximate surface area is 136 Å². The summed E-state index contributed by atoms with van der Waals surface area (Å²) in [6, 6.07) is 23.4. The number of nitrogen functional groups attached to an aromatic ring is 1. The molecule has 3 aromatic rings. The lowest BCUT2D eigenvalue weighted by Crippen LogP contribution is -1.99. The van der Waals surface area contributed by atoms with Gasteiger partial charge in [0, 0.05) is 16.8 Å². The van der Waals surface area contributed by atoms with E-state index in [1.165, 1.54) is 0 Å². The Kier molecular flexibility index (Phi) is 4.60. The summed E-state index contributed by atoms with van der Waals surface area (Å²) in [6.45, 7) is 0.470. The van der Waals surface area contributed by atoms with Crippen LogP contribution in [0.5, 0.6) is 5.75 Å². The van der Waals surface area contributed by atoms with Crippen molar-refractivity contribution in [2.75, 3.05) is 5.73 Å². The fourth-order valence-corrected chi connectivity index (χ4v) is 2.49. The van der Waals surface area contributed by atoms with Crippen molar-refractivity contribution in [3.63, 3.8) is 0 Å². The third-order valence-electron chi connectivity index (χ3n) is 3.71. The maximum absolute atomic E-state index is 9.40. The van der Waals surface area contributed by atoms with Crippen LogP contribution < -0.4 is 10.5 Å². The monoisotopic (exact) mass is 305 g/mol. The lowest BCUT2D eigenvalue weighted by Gasteiger charge is -2.14. The molecule has 3 N–H and O–H groups in total. The number of rotatable bonds is 5. The van der Waals surface area contributed by atoms with Crippen molar-refractivity contribution >= 4 is 5.69 Å². The summed E-state index contributed by atoms with van der Waals surface area (Å²) < 4.78 is 5.99. The van der Waals surface area contributed by atoms with E-state index in [4.69, 9.17) is 10.5 Å². The van der Waals surface area contributed by atoms with Gasteiger partial charge in [0.25, 0.3) is 0 Å². The first kappa shape index (κ1) is 15.1. The summed E-state index contributed by atoms with van der Waals surface area (Å²) in [6.07, 6.45) is 0. The minimum Gasteiger partial charge on any atom is -0.488 e. The van der Waals surface area contributed by atoms with Crippen LogP contribution in [-0.2, 0) is 13.2 Å². The molecule has 23 heavy (non-hydrogen) atoms. The third kappa shape index (κ3) is 3.52. The smallest absolute Gasteiger partial charge is 0.127 e. The van der Waals surface area contributed by atoms with E-state index in [1.54, 1.807) is 0 Å². The molecule has 3 nitrogen and oxygen atoms in total. The average molecular weight is 305 g/mol. The topological polar surface area (TPSA) is 55.5 Å². The van der Waals surface area contributed by atoms with Crippen molar-refractivity contribution in [1.82, 2.24) is 0 Å². The minimum absolute atomic E-state index is 0.0152. The van der Waals surface area contributed by atoms with Crippen LogP contribution in [0.25, 0.3) is 11.1 Å². The van der Waals surface area contributed by atoms with Gasteiger partial charge in [-0.05, 0) is 29.3 Å². The van der Waals surface area contributed by atoms with Gasteiger partial charge in [-0.1, -0.05) is 54.6 Å². The van der Waals surface area contributed by atoms with E-state index >= 15 is 0 Å². The molecule has 116 valence electrons. The molecule has 3 rings (SSSR count). The van der Waals surface area contributed by atoms with Gasteiger partial charge in [0.15, 0.2) is 0 Å². The molecule has 3 aromatic carbocycles. The van der Waals surface area contributed by atoms with E-state index in [2.05, 4.69) is 0 Å². The Morgan fingerprint density at radius 3 is 2.26 bits per heavy atom. The fourth-order valence-electron chi connectivity index (χ4n) is 2.49. The van der Waals surface area contributed by atoms with Crippen molar-refractivity contribution in [2.45, 2.75) is 13.2 Å². The Hall–Kier alpha value is -2.78. The third-order valence-corrected chi connectivity index (χ3v) is 3.71. The van der Waals surface area contributed by atoms with Crippen molar-refractivity contribution in [3.05, 3.63) is 83.9 Å². The van der Waals surface area contributed by atoms with Gasteiger partial charge in [-0.15, -0.1) is 0 Å². The molecule has 0 aliphatic rings. The quantitative estimate of drug-likeness (QED) is 0.700. The van der Waals surface area contributed by atoms with Crippen LogP contribution in [-0.4, -0.2) is 5.11 Å². The number of nitrogens with two attached hydrogens (primary N) is 1. The van der Waals surface area contributed by atoms with E-state index in [0.29, 0.717) is 12.3 Å². The number of aliphatic hydroxyl groups excluding tert-OH is 1. The molecular weight excluding hydrogens is 286 g/mol. The summed E-state index contributed by atoms with van der Waals surface area (Å²) >= 11 is 0. The predicted molar refractivity (Wildman–Crippen MR) is 93.0 cm³/mol. The number of anilines is 1. The van der Waals surface area contributed by atoms with E-state index in [-0.39, 0.29) is 6.61 Å². The summed E-state index contributed by atoms with van der Waals surface area (Å²) in [5.74, 6) is 0.754. The summed E-state index contributed by atoms with van der Waals surface area (Å²) in [4.78, 5) is 0. The van der Waals surface area contributed by atoms with Gasteiger partial charge >= 0.3 is 0 Å². The Morgan fingerprint density at radius 2 is 1.52 bits per heavy atom. The zero-order chi connectivity index (χ0) is 16.1. The van der Waals surface area contributed by atoms with Crippen LogP contribution in [0.3, 0.4) is 0 Å². The highest BCUT2D eigenvalue weighted by atomic mass is 16.5. The van der Waals surface area contributed by atoms with Gasteiger partial charge in [0.05, 0.1) is 6.61 Å². The molecule has 0 atom stereocenters. The van der Waals surface area contributed by atoms with Crippen LogP contribution in [0.15, 0.2) is 72.8 Å². The number of benzene rings is 3. The first-order valence-electron chi connectivity index (χ1n) is 7.53. The average Bonchev–Trinajstić information content (AvgIpc) is 2.61. The van der Waals surface area contributed by atoms with Crippen LogP contribution in [0.4, 0.5) is 5.69 Å². The maximum atomic E-state index is 9.40. The summed E-state index contributed by atoms with van der Waals surface area (Å²) in [5, 5.41) is 9.40. The molecule has 0 aromatic heterocycles. The summed E-state index contributed by atoms with van der Waals surface area (Å²) in [5.41, 5.74) is 10.5. The number of aliphatic hydroxyl groups is 1. The Balaban J connectivity index is 1.95. The first-order chi connectivity index (χ1) is 11.3. The molecule has 0 heterocycles. The van der Waals surface area contributed by atoms with Crippen molar-refractivity contribution in [2.24, 2.45) is 0 Å². The molecule has 0 fully saturated rings. The van der Waals surface area contributed by atoms with Gasteiger partial charge in [-0.3, -0.25) is 0 Å². The molecule has 0 radical (unpaired) electrons. The number of hydrogen-bond donors (Lipinski definition) is 2. The number of para-hydroxylation sites is 1. The molecule has 0 bridgehead atoms. The second-order valence-electron chi connectivity index (χ2n) is 5.35. The molecule has 3 heteroatoms. The first-order valence-corrected chi connectivity index (χ1v) is 7.53. The molecule has 0 aliphatic carbocycles. The highest BCUT2D eigenvalue weighted by Gasteiger charge is 2.10. The summed E-state index contributed by atoms with van der Waals surface area (Å²) in [7, 11) is 0. The van der Waals surface area contributed by atoms with Crippen molar-refractivity contribution in [1.29, 1.82) is 0 Å². The zero-order valence-electron chi connectivity index (χ0n) is 12.8. The van der Waals surface area contributed by atoms with Crippen LogP contribution in [0.1, 0.15) is 11.1 Å². The molecule has 0 aliphatic heterocycles. The maximum Gasteiger partial charge on any atom is 0.127 e. The van der Waals surface area contributed by atoms with Crippen molar-refractivity contribution in [3.8, 4) is 16.9 Å². The Bertz CT molecular complexity index is 785. The molecule has 0 amide bonds. The predicted octanol–water partition coefficient (Wildman–Crippen LogP) is 4.01. The van der Waals surface area contributed by atoms with Gasteiger partial charge in [0.2, 0.25) is 0 Å². The zero-order valence-corrected chi connectivity index (χ0v) is 12.8. The normalized spacial score (nSPS) is 10.5. The van der Waals surface area contributed by atoms with Crippen LogP contribution in [0, 0.1) is 0 Å². The van der Waals surface area contributed by atoms with Crippen LogP contribution >= 0.6 is 0 Å². The second-order valence-corrected chi connectivity index (χ2v) is 5.35. The molecule has 0 saturated heterocycles. The van der Waals surface area contributed by atoms with E-state index in [0.717, 1.165) is 28.0 Å². The molecule has 0 spiro atoms. The van der Waals surface area contributed by atoms with E-state index < -0.39 is 0 Å². The van der Waals surface area contributed by atoms with Crippen LogP contribution in [0.2, 0.25) is 0 Å². The highest BCUT2D eigenvalue weighted by molar-refractivity contribution is 5.80. The molecule has 0 unspecified atom stereocenters. The number of hydrogen-bond acceptors (Lipinski definition) is 3.